The number of halogens is 1. The van der Waals surface area contributed by atoms with Gasteiger partial charge in [-0.2, -0.15) is 0 Å². The van der Waals surface area contributed by atoms with Crippen LogP contribution in [-0.2, 0) is 11.2 Å². The Bertz CT molecular complexity index is 413. The number of hydrogen-bond acceptors (Lipinski definition) is 3. The Balaban J connectivity index is 3.29. The van der Waals surface area contributed by atoms with E-state index in [-0.39, 0.29) is 12.2 Å². The van der Waals surface area contributed by atoms with Gasteiger partial charge >= 0.3 is 0 Å². The Kier molecular flexibility index (Phi) is 4.49. The monoisotopic (exact) mass is 240 g/mol. The highest BCUT2D eigenvalue weighted by atomic mass is 19.1. The third-order valence-electron chi connectivity index (χ3n) is 2.45. The molecular formula is C13H17FO3. The Morgan fingerprint density at radius 3 is 2.41 bits per heavy atom. The molecule has 1 unspecified atom stereocenters. The molecule has 0 amide bonds. The van der Waals surface area contributed by atoms with E-state index in [0.29, 0.717) is 17.1 Å². The predicted octanol–water partition coefficient (Wildman–Crippen LogP) is 2.87. The molecule has 4 heteroatoms. The lowest BCUT2D eigenvalue weighted by Gasteiger charge is -2.15. The summed E-state index contributed by atoms with van der Waals surface area (Å²) in [7, 11) is 2.95. The Morgan fingerprint density at radius 1 is 1.35 bits per heavy atom. The largest absolute Gasteiger partial charge is 0.493 e. The van der Waals surface area contributed by atoms with Gasteiger partial charge in [0.15, 0.2) is 11.5 Å². The van der Waals surface area contributed by atoms with Crippen LogP contribution < -0.4 is 9.47 Å². The molecule has 1 atom stereocenters. The van der Waals surface area contributed by atoms with Gasteiger partial charge in [-0.25, -0.2) is 4.39 Å². The second-order valence-corrected chi connectivity index (χ2v) is 3.92. The number of methoxy groups -OCH3 is 2. The third-order valence-corrected chi connectivity index (χ3v) is 2.45. The molecular weight excluding hydrogens is 223 g/mol. The Morgan fingerprint density at radius 2 is 2.00 bits per heavy atom. The SMILES string of the molecule is COc1cc(CC(C)=O)cc(C(C)F)c1OC. The summed E-state index contributed by atoms with van der Waals surface area (Å²) in [4.78, 5) is 11.1. The highest BCUT2D eigenvalue weighted by Crippen LogP contribution is 2.37. The summed E-state index contributed by atoms with van der Waals surface area (Å²) in [5, 5.41) is 0. The summed E-state index contributed by atoms with van der Waals surface area (Å²) in [6.45, 7) is 2.92. The van der Waals surface area contributed by atoms with E-state index in [4.69, 9.17) is 9.47 Å². The topological polar surface area (TPSA) is 35.5 Å². The van der Waals surface area contributed by atoms with Crippen LogP contribution in [0.25, 0.3) is 0 Å². The number of ketones is 1. The smallest absolute Gasteiger partial charge is 0.166 e. The van der Waals surface area contributed by atoms with Gasteiger partial charge < -0.3 is 9.47 Å². The first-order valence-electron chi connectivity index (χ1n) is 5.37. The molecule has 0 radical (unpaired) electrons. The lowest BCUT2D eigenvalue weighted by molar-refractivity contribution is -0.116. The van der Waals surface area contributed by atoms with Gasteiger partial charge in [0.1, 0.15) is 12.0 Å². The quantitative estimate of drug-likeness (QED) is 0.793. The van der Waals surface area contributed by atoms with Crippen molar-refractivity contribution in [2.45, 2.75) is 26.4 Å². The van der Waals surface area contributed by atoms with E-state index in [0.717, 1.165) is 5.56 Å². The summed E-state index contributed by atoms with van der Waals surface area (Å²) < 4.78 is 23.8. The lowest BCUT2D eigenvalue weighted by Crippen LogP contribution is -2.02. The van der Waals surface area contributed by atoms with Crippen LogP contribution >= 0.6 is 0 Å². The van der Waals surface area contributed by atoms with Crippen molar-refractivity contribution >= 4 is 5.78 Å². The van der Waals surface area contributed by atoms with Gasteiger partial charge in [-0.1, -0.05) is 0 Å². The van der Waals surface area contributed by atoms with Crippen LogP contribution in [0.5, 0.6) is 11.5 Å². The summed E-state index contributed by atoms with van der Waals surface area (Å²) in [6.07, 6.45) is -0.911. The Labute approximate surface area is 101 Å². The highest BCUT2D eigenvalue weighted by Gasteiger charge is 2.17. The maximum atomic E-state index is 13.5. The van der Waals surface area contributed by atoms with Gasteiger partial charge in [0.2, 0.25) is 0 Å². The number of carbonyl (C=O) groups is 1. The lowest BCUT2D eigenvalue weighted by atomic mass is 10.0. The molecule has 0 aliphatic heterocycles. The van der Waals surface area contributed by atoms with E-state index in [1.54, 1.807) is 12.1 Å². The number of ether oxygens (including phenoxy) is 2. The van der Waals surface area contributed by atoms with Crippen molar-refractivity contribution in [3.05, 3.63) is 23.3 Å². The van der Waals surface area contributed by atoms with Crippen molar-refractivity contribution in [3.63, 3.8) is 0 Å². The molecule has 0 aliphatic carbocycles. The first-order valence-corrected chi connectivity index (χ1v) is 5.37. The van der Waals surface area contributed by atoms with Crippen molar-refractivity contribution < 1.29 is 18.7 Å². The minimum atomic E-state index is -1.18. The number of alkyl halides is 1. The van der Waals surface area contributed by atoms with E-state index in [2.05, 4.69) is 0 Å². The summed E-state index contributed by atoms with van der Waals surface area (Å²) in [5.41, 5.74) is 1.14. The van der Waals surface area contributed by atoms with E-state index in [1.165, 1.54) is 28.1 Å². The fourth-order valence-corrected chi connectivity index (χ4v) is 1.74. The number of benzene rings is 1. The highest BCUT2D eigenvalue weighted by molar-refractivity contribution is 5.78. The number of rotatable bonds is 5. The van der Waals surface area contributed by atoms with E-state index >= 15 is 0 Å². The minimum absolute atomic E-state index is 0.0229. The zero-order chi connectivity index (χ0) is 13.0. The maximum absolute atomic E-state index is 13.5. The fourth-order valence-electron chi connectivity index (χ4n) is 1.74. The average Bonchev–Trinajstić information content (AvgIpc) is 2.26. The maximum Gasteiger partial charge on any atom is 0.166 e. The molecule has 0 saturated carbocycles. The van der Waals surface area contributed by atoms with E-state index in [9.17, 15) is 9.18 Å². The molecule has 1 rings (SSSR count). The minimum Gasteiger partial charge on any atom is -0.493 e. The predicted molar refractivity (Wildman–Crippen MR) is 63.5 cm³/mol. The molecule has 3 nitrogen and oxygen atoms in total. The van der Waals surface area contributed by atoms with Crippen LogP contribution in [0.3, 0.4) is 0 Å². The normalized spacial score (nSPS) is 12.1. The molecule has 0 N–H and O–H groups in total. The second kappa shape index (κ2) is 5.66. The summed E-state index contributed by atoms with van der Waals surface area (Å²) in [5.74, 6) is 0.857. The van der Waals surface area contributed by atoms with Crippen LogP contribution in [0, 0.1) is 0 Å². The zero-order valence-corrected chi connectivity index (χ0v) is 10.5. The molecule has 0 saturated heterocycles. The molecule has 17 heavy (non-hydrogen) atoms. The molecule has 0 bridgehead atoms. The van der Waals surface area contributed by atoms with Crippen molar-refractivity contribution in [2.75, 3.05) is 14.2 Å². The molecule has 0 heterocycles. The molecule has 0 spiro atoms. The first-order chi connectivity index (χ1) is 7.99. The Hall–Kier alpha value is -1.58. The van der Waals surface area contributed by atoms with Gasteiger partial charge in [0.25, 0.3) is 0 Å². The van der Waals surface area contributed by atoms with Crippen molar-refractivity contribution in [3.8, 4) is 11.5 Å². The number of Topliss-reactive ketones (excluding diaryl/α,β-unsaturated/α-hetero) is 1. The molecule has 0 aliphatic rings. The van der Waals surface area contributed by atoms with Crippen LogP contribution in [0.15, 0.2) is 12.1 Å². The van der Waals surface area contributed by atoms with Crippen molar-refractivity contribution in [1.29, 1.82) is 0 Å². The molecule has 0 aromatic heterocycles. The van der Waals surface area contributed by atoms with Gasteiger partial charge in [-0.05, 0) is 31.5 Å². The van der Waals surface area contributed by atoms with Gasteiger partial charge in [0.05, 0.1) is 14.2 Å². The van der Waals surface area contributed by atoms with Crippen LogP contribution in [0.4, 0.5) is 4.39 Å². The van der Waals surface area contributed by atoms with Gasteiger partial charge in [0, 0.05) is 12.0 Å². The fraction of sp³-hybridized carbons (Fsp3) is 0.462. The molecule has 1 aromatic rings. The van der Waals surface area contributed by atoms with Gasteiger partial charge in [-0.3, -0.25) is 4.79 Å². The van der Waals surface area contributed by atoms with Crippen molar-refractivity contribution in [1.82, 2.24) is 0 Å². The van der Waals surface area contributed by atoms with Crippen LogP contribution in [0.2, 0.25) is 0 Å². The zero-order valence-electron chi connectivity index (χ0n) is 10.5. The second-order valence-electron chi connectivity index (χ2n) is 3.92. The standard InChI is InChI=1S/C13H17FO3/c1-8(15)5-10-6-11(9(2)14)13(17-4)12(7-10)16-3/h6-7,9H,5H2,1-4H3. The molecule has 0 fully saturated rings. The van der Waals surface area contributed by atoms with Crippen LogP contribution in [0.1, 0.15) is 31.1 Å². The molecule has 1 aromatic carbocycles. The van der Waals surface area contributed by atoms with Crippen molar-refractivity contribution in [2.24, 2.45) is 0 Å². The summed E-state index contributed by atoms with van der Waals surface area (Å²) >= 11 is 0. The first kappa shape index (κ1) is 13.5. The van der Waals surface area contributed by atoms with Gasteiger partial charge in [-0.15, -0.1) is 0 Å². The third kappa shape index (κ3) is 3.19. The van der Waals surface area contributed by atoms with Crippen LogP contribution in [-0.4, -0.2) is 20.0 Å². The van der Waals surface area contributed by atoms with E-state index in [1.807, 2.05) is 0 Å². The number of hydrogen-bond donors (Lipinski definition) is 0. The van der Waals surface area contributed by atoms with E-state index < -0.39 is 6.17 Å². The average molecular weight is 240 g/mol. The molecule has 94 valence electrons. The number of carbonyl (C=O) groups excluding carboxylic acids is 1. The summed E-state index contributed by atoms with van der Waals surface area (Å²) in [6, 6.07) is 3.35.